The fraction of sp³-hybridized carbons (Fsp3) is 0.455. The number of phenolic OH excluding ortho intramolecular Hbond substituents is 1. The molecule has 11 rings (SSSR count). The third-order valence-electron chi connectivity index (χ3n) is 19.9. The summed E-state index contributed by atoms with van der Waals surface area (Å²) < 4.78 is 13.6. The summed E-state index contributed by atoms with van der Waals surface area (Å²) in [5, 5.41) is 34.7. The Morgan fingerprint density at radius 2 is 1.23 bits per heavy atom. The number of likely N-dealkylation sites (N-methyl/N-ethyl adjacent to an activating group) is 1. The van der Waals surface area contributed by atoms with Crippen molar-refractivity contribution >= 4 is 22.7 Å². The lowest BCUT2D eigenvalue weighted by atomic mass is 9.53. The number of rotatable bonds is 12. The predicted octanol–water partition coefficient (Wildman–Crippen LogP) is 14.2. The SMILES string of the molecule is C#C[C@]1(O)CC[C@H]2[C@@H]3CCc4cc(O)cc(Oc5cc6c(c(C(Cl)N(C)CCOc7ccc(/C(=C(/CC)c8ccccc8)c8ccccc8)cc7)c5)[C@H]5CCC7(C)[C@@H](CC[C@@]7(O)C#C)[C@@H]5CC6)c4[C@H]3CCC21C. The zero-order valence-corrected chi connectivity index (χ0v) is 43.9. The van der Waals surface area contributed by atoms with Crippen LogP contribution in [0.2, 0.25) is 0 Å². The molecule has 6 aliphatic carbocycles. The summed E-state index contributed by atoms with van der Waals surface area (Å²) in [4.78, 5) is 2.18. The van der Waals surface area contributed by atoms with Gasteiger partial charge in [0.2, 0.25) is 0 Å². The molecule has 4 fully saturated rings. The number of aromatic hydroxyl groups is 1. The molecule has 0 radical (unpaired) electrons. The van der Waals surface area contributed by atoms with Gasteiger partial charge in [0.1, 0.15) is 46.3 Å². The van der Waals surface area contributed by atoms with E-state index in [1.165, 1.54) is 39.0 Å². The number of fused-ring (bicyclic) bond motifs is 10. The van der Waals surface area contributed by atoms with Crippen molar-refractivity contribution in [1.82, 2.24) is 4.90 Å². The number of allylic oxidation sites excluding steroid dienone is 1. The van der Waals surface area contributed by atoms with Gasteiger partial charge in [0.05, 0.1) is 0 Å². The summed E-state index contributed by atoms with van der Waals surface area (Å²) in [6, 6.07) is 38.0. The van der Waals surface area contributed by atoms with Gasteiger partial charge in [0, 0.05) is 29.0 Å². The molecule has 4 saturated carbocycles. The summed E-state index contributed by atoms with van der Waals surface area (Å²) in [7, 11) is 2.08. The highest BCUT2D eigenvalue weighted by molar-refractivity contribution is 6.20. The number of aryl methyl sites for hydroxylation is 2. The minimum absolute atomic E-state index is 0.209. The largest absolute Gasteiger partial charge is 0.508 e. The van der Waals surface area contributed by atoms with E-state index in [4.69, 9.17) is 33.9 Å². The van der Waals surface area contributed by atoms with Crippen LogP contribution in [0.25, 0.3) is 11.1 Å². The van der Waals surface area contributed by atoms with Crippen LogP contribution >= 0.6 is 11.6 Å². The number of terminal acetylenes is 2. The van der Waals surface area contributed by atoms with Crippen molar-refractivity contribution in [3.05, 3.63) is 154 Å². The normalized spacial score (nSPS) is 31.5. The maximum atomic E-state index is 11.8. The van der Waals surface area contributed by atoms with Gasteiger partial charge >= 0.3 is 0 Å². The van der Waals surface area contributed by atoms with Crippen molar-refractivity contribution in [3.8, 4) is 47.7 Å². The standard InChI is InChI=1S/C66H72ClNO5/c1-7-50(42-16-12-10-13-17-42)59(43-18-14-11-15-19-43)44-20-24-48(25-21-44)72-37-36-68(6)62(67)55-41-49(39-46-23-27-51-53(60(46)55)28-32-63(4)56(51)30-34-65(63,70)8-2)73-58-40-47(69)38-45-22-26-52-54(61(45)58)29-33-64(5)57(52)31-35-66(64,71)9-3/h2-3,10-21,24-25,38-41,51-54,56-57,62,69-71H,7,22-23,26-37H2,1,4-6H3/b59-50-/t51-,52-,53+,54+,56+,57+,62?,63?,64?,65+,66+/m1/s1. The molecule has 73 heavy (non-hydrogen) atoms. The van der Waals surface area contributed by atoms with Crippen LogP contribution < -0.4 is 9.47 Å². The molecule has 6 aliphatic rings. The van der Waals surface area contributed by atoms with Crippen LogP contribution in [-0.2, 0) is 12.8 Å². The molecule has 7 heteroatoms. The summed E-state index contributed by atoms with van der Waals surface area (Å²) in [6.07, 6.45) is 23.4. The Hall–Kier alpha value is -5.47. The second-order valence-electron chi connectivity index (χ2n) is 23.2. The minimum atomic E-state index is -1.09. The Balaban J connectivity index is 0.881. The van der Waals surface area contributed by atoms with Crippen LogP contribution in [0.4, 0.5) is 0 Å². The highest BCUT2D eigenvalue weighted by atomic mass is 35.5. The van der Waals surface area contributed by atoms with Crippen molar-refractivity contribution < 1.29 is 24.8 Å². The Kier molecular flexibility index (Phi) is 13.2. The maximum absolute atomic E-state index is 11.8. The first-order valence-corrected chi connectivity index (χ1v) is 27.7. The third-order valence-corrected chi connectivity index (χ3v) is 20.5. The van der Waals surface area contributed by atoms with Crippen molar-refractivity contribution in [3.63, 3.8) is 0 Å². The lowest BCUT2D eigenvalue weighted by molar-refractivity contribution is -0.0648. The summed E-state index contributed by atoms with van der Waals surface area (Å²) >= 11 is 7.80. The highest BCUT2D eigenvalue weighted by Gasteiger charge is 2.63. The molecule has 0 saturated heterocycles. The Bertz CT molecular complexity index is 2990. The van der Waals surface area contributed by atoms with Gasteiger partial charge in [0.15, 0.2) is 0 Å². The predicted molar refractivity (Wildman–Crippen MR) is 294 cm³/mol. The number of hydrogen-bond acceptors (Lipinski definition) is 6. The lowest BCUT2D eigenvalue weighted by Gasteiger charge is -2.52. The first-order chi connectivity index (χ1) is 35.2. The number of benzene rings is 5. The topological polar surface area (TPSA) is 82.4 Å². The second kappa shape index (κ2) is 19.3. The Labute approximate surface area is 439 Å². The van der Waals surface area contributed by atoms with Gasteiger partial charge in [-0.2, -0.15) is 0 Å². The molecule has 0 heterocycles. The highest BCUT2D eigenvalue weighted by Crippen LogP contribution is 2.67. The van der Waals surface area contributed by atoms with E-state index in [2.05, 4.69) is 142 Å². The van der Waals surface area contributed by atoms with Crippen molar-refractivity contribution in [2.75, 3.05) is 20.2 Å². The lowest BCUT2D eigenvalue weighted by Crippen LogP contribution is -2.50. The van der Waals surface area contributed by atoms with E-state index >= 15 is 0 Å². The van der Waals surface area contributed by atoms with Crippen molar-refractivity contribution in [1.29, 1.82) is 0 Å². The molecule has 11 atom stereocenters. The van der Waals surface area contributed by atoms with E-state index in [-0.39, 0.29) is 28.4 Å². The first-order valence-electron chi connectivity index (χ1n) is 27.2. The summed E-state index contributed by atoms with van der Waals surface area (Å²) in [5.41, 5.74) is 8.76. The monoisotopic (exact) mass is 994 g/mol. The van der Waals surface area contributed by atoms with Crippen LogP contribution in [0.1, 0.15) is 153 Å². The van der Waals surface area contributed by atoms with Crippen LogP contribution in [0, 0.1) is 59.2 Å². The van der Waals surface area contributed by atoms with Gasteiger partial charge in [-0.1, -0.05) is 105 Å². The minimum Gasteiger partial charge on any atom is -0.508 e. The van der Waals surface area contributed by atoms with E-state index < -0.39 is 16.7 Å². The van der Waals surface area contributed by atoms with E-state index in [1.54, 1.807) is 0 Å². The number of phenols is 1. The molecule has 5 aromatic rings. The van der Waals surface area contributed by atoms with E-state index in [1.807, 2.05) is 12.1 Å². The number of hydrogen-bond donors (Lipinski definition) is 3. The maximum Gasteiger partial charge on any atom is 0.134 e. The van der Waals surface area contributed by atoms with Crippen LogP contribution in [0.5, 0.6) is 23.0 Å². The average molecular weight is 995 g/mol. The summed E-state index contributed by atoms with van der Waals surface area (Å²) in [5.74, 6) is 10.0. The zero-order valence-electron chi connectivity index (χ0n) is 43.2. The second-order valence-corrected chi connectivity index (χ2v) is 23.6. The van der Waals surface area contributed by atoms with Gasteiger partial charge in [-0.05, 0) is 206 Å². The molecule has 0 amide bonds. The molecule has 0 aromatic heterocycles. The molecule has 378 valence electrons. The number of halogens is 1. The third kappa shape index (κ3) is 8.32. The molecule has 6 nitrogen and oxygen atoms in total. The molecule has 3 N–H and O–H groups in total. The van der Waals surface area contributed by atoms with Crippen LogP contribution in [-0.4, -0.2) is 51.6 Å². The smallest absolute Gasteiger partial charge is 0.134 e. The number of nitrogens with zero attached hydrogens (tertiary/aromatic N) is 1. The zero-order chi connectivity index (χ0) is 50.9. The Morgan fingerprint density at radius 3 is 1.81 bits per heavy atom. The average Bonchev–Trinajstić information content (AvgIpc) is 3.85. The number of aliphatic hydroxyl groups is 2. The fourth-order valence-electron chi connectivity index (χ4n) is 16.0. The van der Waals surface area contributed by atoms with Crippen molar-refractivity contribution in [2.24, 2.45) is 34.5 Å². The quantitative estimate of drug-likeness (QED) is 0.0500. The van der Waals surface area contributed by atoms with Gasteiger partial charge in [0.25, 0.3) is 0 Å². The van der Waals surface area contributed by atoms with E-state index in [0.717, 1.165) is 98.8 Å². The molecule has 3 unspecified atom stereocenters. The Morgan fingerprint density at radius 1 is 0.685 bits per heavy atom. The van der Waals surface area contributed by atoms with Gasteiger partial charge in [-0.3, -0.25) is 4.90 Å². The molecule has 5 aromatic carbocycles. The summed E-state index contributed by atoms with van der Waals surface area (Å²) in [6.45, 7) is 7.71. The van der Waals surface area contributed by atoms with Gasteiger partial charge in [-0.25, -0.2) is 0 Å². The molecule has 0 aliphatic heterocycles. The van der Waals surface area contributed by atoms with Gasteiger partial charge in [-0.15, -0.1) is 24.4 Å². The van der Waals surface area contributed by atoms with E-state index in [0.29, 0.717) is 55.4 Å². The van der Waals surface area contributed by atoms with Crippen LogP contribution in [0.3, 0.4) is 0 Å². The van der Waals surface area contributed by atoms with E-state index in [9.17, 15) is 15.3 Å². The molecular weight excluding hydrogens is 922 g/mol. The molecule has 0 bridgehead atoms. The van der Waals surface area contributed by atoms with Crippen LogP contribution in [0.15, 0.2) is 109 Å². The molecule has 0 spiro atoms. The van der Waals surface area contributed by atoms with Gasteiger partial charge < -0.3 is 24.8 Å². The fourth-order valence-corrected chi connectivity index (χ4v) is 16.3. The van der Waals surface area contributed by atoms with Crippen molar-refractivity contribution in [2.45, 2.75) is 133 Å². The first kappa shape index (κ1) is 49.7. The number of ether oxygens (including phenoxy) is 2. The number of alkyl halides is 1. The molecular formula is C66H72ClNO5.